The van der Waals surface area contributed by atoms with Crippen LogP contribution in [0, 0.1) is 75.3 Å². The van der Waals surface area contributed by atoms with Crippen molar-refractivity contribution in [2.75, 3.05) is 0 Å². The Morgan fingerprint density at radius 1 is 0.184 bits per heavy atom. The van der Waals surface area contributed by atoms with Crippen LogP contribution in [0.4, 0.5) is 30.7 Å². The zero-order chi connectivity index (χ0) is 53.6. The molecule has 76 heavy (non-hydrogen) atoms. The van der Waals surface area contributed by atoms with E-state index in [9.17, 15) is 30.7 Å². The molecule has 0 bridgehead atoms. The first-order valence-electron chi connectivity index (χ1n) is 24.7. The van der Waals surface area contributed by atoms with Gasteiger partial charge in [-0.3, -0.25) is 0 Å². The summed E-state index contributed by atoms with van der Waals surface area (Å²) >= 11 is 0. The van der Waals surface area contributed by atoms with E-state index in [0.717, 1.165) is 61.8 Å². The molecule has 7 heteroatoms. The minimum Gasteiger partial charge on any atom is -0.206 e. The fourth-order valence-corrected chi connectivity index (χ4v) is 8.91. The molecule has 0 nitrogen and oxygen atoms in total. The van der Waals surface area contributed by atoms with Crippen molar-refractivity contribution >= 4 is 10.8 Å². The predicted molar refractivity (Wildman–Crippen MR) is 298 cm³/mol. The van der Waals surface area contributed by atoms with E-state index in [4.69, 9.17) is 0 Å². The molecule has 0 unspecified atom stereocenters. The molecule has 376 valence electrons. The van der Waals surface area contributed by atoms with Crippen LogP contribution in [0.2, 0.25) is 0 Å². The third-order valence-electron chi connectivity index (χ3n) is 13.3. The van der Waals surface area contributed by atoms with Crippen molar-refractivity contribution in [3.05, 3.63) is 287 Å². The molecule has 11 rings (SSSR count). The van der Waals surface area contributed by atoms with Crippen molar-refractivity contribution in [1.82, 2.24) is 0 Å². The highest BCUT2D eigenvalue weighted by molar-refractivity contribution is 5.88. The summed E-state index contributed by atoms with van der Waals surface area (Å²) in [5, 5.41) is 2.10. The smallest absolute Gasteiger partial charge is 0.194 e. The zero-order valence-corrected chi connectivity index (χ0v) is 42.4. The molecule has 11 aromatic rings. The van der Waals surface area contributed by atoms with Gasteiger partial charge < -0.3 is 0 Å². The third-order valence-corrected chi connectivity index (χ3v) is 13.3. The second-order valence-electron chi connectivity index (χ2n) is 19.0. The van der Waals surface area contributed by atoms with E-state index in [1.54, 1.807) is 24.3 Å². The number of halogens is 7. The molecule has 0 spiro atoms. The number of fused-ring (bicyclic) bond motifs is 1. The van der Waals surface area contributed by atoms with Crippen LogP contribution in [0.3, 0.4) is 0 Å². The molecule has 0 aliphatic heterocycles. The zero-order valence-electron chi connectivity index (χ0n) is 42.4. The van der Waals surface area contributed by atoms with Crippen molar-refractivity contribution in [3.63, 3.8) is 0 Å². The molecule has 0 aliphatic carbocycles. The summed E-state index contributed by atoms with van der Waals surface area (Å²) in [4.78, 5) is 0. The number of benzene rings is 11. The Balaban J connectivity index is 0.000000141. The molecule has 0 radical (unpaired) electrons. The third kappa shape index (κ3) is 11.9. The van der Waals surface area contributed by atoms with Gasteiger partial charge in [0.25, 0.3) is 0 Å². The molecule has 0 aromatic heterocycles. The summed E-state index contributed by atoms with van der Waals surface area (Å²) in [7, 11) is 0. The molecule has 0 fully saturated rings. The van der Waals surface area contributed by atoms with Gasteiger partial charge in [0.2, 0.25) is 0 Å². The second kappa shape index (κ2) is 22.8. The summed E-state index contributed by atoms with van der Waals surface area (Å²) in [6.45, 7) is 10.1. The molecule has 0 aliphatic rings. The highest BCUT2D eigenvalue weighted by Gasteiger charge is 2.18. The molecule has 0 N–H and O–H groups in total. The lowest BCUT2D eigenvalue weighted by molar-refractivity contribution is 0.447. The highest BCUT2D eigenvalue weighted by Crippen LogP contribution is 2.35. The van der Waals surface area contributed by atoms with Gasteiger partial charge in [0.1, 0.15) is 11.6 Å². The van der Waals surface area contributed by atoms with E-state index in [1.807, 2.05) is 198 Å². The Morgan fingerprint density at radius 2 is 0.461 bits per heavy atom. The van der Waals surface area contributed by atoms with Crippen molar-refractivity contribution in [3.8, 4) is 77.9 Å². The quantitative estimate of drug-likeness (QED) is 0.110. The maximum atomic E-state index is 14.8. The Hall–Kier alpha value is -8.81. The molecule has 0 heterocycles. The fourth-order valence-electron chi connectivity index (χ4n) is 8.91. The van der Waals surface area contributed by atoms with Crippen LogP contribution in [0.5, 0.6) is 0 Å². The molecule has 11 aromatic carbocycles. The first kappa shape index (κ1) is 52.1. The van der Waals surface area contributed by atoms with Gasteiger partial charge in [0.05, 0.1) is 0 Å². The Labute approximate surface area is 439 Å². The summed E-state index contributed by atoms with van der Waals surface area (Å²) in [6.07, 6.45) is 0. The van der Waals surface area contributed by atoms with Gasteiger partial charge in [-0.15, -0.1) is 0 Å². The van der Waals surface area contributed by atoms with E-state index in [2.05, 4.69) is 6.07 Å². The summed E-state index contributed by atoms with van der Waals surface area (Å²) < 4.78 is 98.6. The lowest BCUT2D eigenvalue weighted by Crippen LogP contribution is -1.94. The van der Waals surface area contributed by atoms with Gasteiger partial charge in [-0.05, 0) is 131 Å². The van der Waals surface area contributed by atoms with Crippen molar-refractivity contribution < 1.29 is 30.7 Å². The van der Waals surface area contributed by atoms with Crippen LogP contribution >= 0.6 is 0 Å². The van der Waals surface area contributed by atoms with Crippen LogP contribution in [-0.4, -0.2) is 0 Å². The van der Waals surface area contributed by atoms with Gasteiger partial charge in [-0.1, -0.05) is 216 Å². The largest absolute Gasteiger partial charge is 0.206 e. The van der Waals surface area contributed by atoms with E-state index in [-0.39, 0.29) is 28.1 Å². The summed E-state index contributed by atoms with van der Waals surface area (Å²) in [5.74, 6) is -6.72. The monoisotopic (exact) mass is 1010 g/mol. The number of aryl methyl sites for hydroxylation is 5. The first-order valence-corrected chi connectivity index (χ1v) is 24.7. The number of hydrogen-bond acceptors (Lipinski definition) is 0. The average molecular weight is 1010 g/mol. The van der Waals surface area contributed by atoms with Gasteiger partial charge >= 0.3 is 0 Å². The SMILES string of the molecule is Cc1ccc(-c2ccc(-c3ccc(-c4cc(F)c(F)c(F)c4)c(F)c3)cc2)cc1.Cc1ccc(-c2ccc(-c3ccc(C)cc3)c(F)c2)cc1.Cc1ccc(-c2ccc(-c3ccc4cc(C)ccc4c3)c(F)c2F)cc1. The van der Waals surface area contributed by atoms with Crippen LogP contribution in [-0.2, 0) is 0 Å². The van der Waals surface area contributed by atoms with Crippen molar-refractivity contribution in [1.29, 1.82) is 0 Å². The standard InChI is InChI=1S/C25H16F4.C24H18F2.C20H17F/c1-15-2-4-16(5-3-15)17-6-8-18(9-7-17)19-10-11-21(22(26)12-19)20-13-23(27)25(29)24(28)14-20;1-15-3-6-17(7-4-15)21-11-12-22(24(26)23(21)25)20-10-9-18-13-16(2)5-8-19(18)14-20;1-14-3-7-16(8-4-14)18-11-12-19(20(21)13-18)17-9-5-15(2)6-10-17/h2-14H,1H3;3-14H,1-2H3;3-13H,1-2H3. The molecule has 0 atom stereocenters. The lowest BCUT2D eigenvalue weighted by atomic mass is 9.96. The fraction of sp³-hybridized carbons (Fsp3) is 0.0725. The topological polar surface area (TPSA) is 0 Å². The molecular formula is C69H51F7. The molecule has 0 saturated carbocycles. The molecule has 0 saturated heterocycles. The van der Waals surface area contributed by atoms with Gasteiger partial charge in [-0.25, -0.2) is 30.7 Å². The van der Waals surface area contributed by atoms with Crippen LogP contribution in [0.1, 0.15) is 27.8 Å². The maximum absolute atomic E-state index is 14.8. The first-order chi connectivity index (χ1) is 36.6. The van der Waals surface area contributed by atoms with Crippen LogP contribution < -0.4 is 0 Å². The predicted octanol–water partition coefficient (Wildman–Crippen LogP) is 20.4. The Kier molecular flexibility index (Phi) is 15.6. The van der Waals surface area contributed by atoms with Gasteiger partial charge in [0.15, 0.2) is 29.1 Å². The van der Waals surface area contributed by atoms with E-state index in [1.165, 1.54) is 34.4 Å². The van der Waals surface area contributed by atoms with Crippen LogP contribution in [0.25, 0.3) is 88.7 Å². The molecule has 0 amide bonds. The van der Waals surface area contributed by atoms with E-state index in [0.29, 0.717) is 22.3 Å². The van der Waals surface area contributed by atoms with Gasteiger partial charge in [0, 0.05) is 22.3 Å². The van der Waals surface area contributed by atoms with Gasteiger partial charge in [-0.2, -0.15) is 0 Å². The summed E-state index contributed by atoms with van der Waals surface area (Å²) in [6, 6.07) is 65.8. The maximum Gasteiger partial charge on any atom is 0.194 e. The molecular weight excluding hydrogens is 962 g/mol. The van der Waals surface area contributed by atoms with E-state index < -0.39 is 34.9 Å². The Bertz CT molecular complexity index is 3820. The lowest BCUT2D eigenvalue weighted by Gasteiger charge is -2.10. The number of rotatable bonds is 7. The minimum atomic E-state index is -1.57. The highest BCUT2D eigenvalue weighted by atomic mass is 19.2. The Morgan fingerprint density at radius 3 is 0.895 bits per heavy atom. The normalized spacial score (nSPS) is 10.9. The minimum absolute atomic E-state index is 0.00262. The number of hydrogen-bond donors (Lipinski definition) is 0. The van der Waals surface area contributed by atoms with E-state index >= 15 is 0 Å². The van der Waals surface area contributed by atoms with Crippen molar-refractivity contribution in [2.45, 2.75) is 34.6 Å². The van der Waals surface area contributed by atoms with Crippen molar-refractivity contribution in [2.24, 2.45) is 0 Å². The van der Waals surface area contributed by atoms with Crippen LogP contribution in [0.15, 0.2) is 218 Å². The second-order valence-corrected chi connectivity index (χ2v) is 19.0. The average Bonchev–Trinajstić information content (AvgIpc) is 3.43. The summed E-state index contributed by atoms with van der Waals surface area (Å²) in [5.41, 5.74) is 14.7.